The van der Waals surface area contributed by atoms with E-state index in [1.54, 1.807) is 12.1 Å². The first-order valence-electron chi connectivity index (χ1n) is 8.78. The second-order valence-electron chi connectivity index (χ2n) is 6.28. The van der Waals surface area contributed by atoms with E-state index < -0.39 is 0 Å². The summed E-state index contributed by atoms with van der Waals surface area (Å²) in [7, 11) is 0. The first kappa shape index (κ1) is 17.1. The van der Waals surface area contributed by atoms with Crippen molar-refractivity contribution in [3.63, 3.8) is 0 Å². The number of nitrogens with zero attached hydrogens (tertiary/aromatic N) is 1. The highest BCUT2D eigenvalue weighted by atomic mass is 16.2. The highest BCUT2D eigenvalue weighted by Crippen LogP contribution is 2.29. The monoisotopic (exact) mass is 338 g/mol. The third-order valence-electron chi connectivity index (χ3n) is 4.49. The average molecular weight is 338 g/mol. The number of carbonyl (C=O) groups is 3. The lowest BCUT2D eigenvalue weighted by molar-refractivity contribution is -0.121. The maximum Gasteiger partial charge on any atom is 0.261 e. The molecule has 0 aliphatic carbocycles. The normalized spacial score (nSPS) is 13.4. The van der Waals surface area contributed by atoms with Crippen molar-refractivity contribution in [2.45, 2.75) is 32.6 Å². The molecule has 130 valence electrons. The fraction of sp³-hybridized carbons (Fsp3) is 0.350. The van der Waals surface area contributed by atoms with Gasteiger partial charge in [-0.2, -0.15) is 0 Å². The van der Waals surface area contributed by atoms with Gasteiger partial charge in [-0.15, -0.1) is 0 Å². The van der Waals surface area contributed by atoms with Crippen LogP contribution in [0.1, 0.15) is 53.3 Å². The third-order valence-corrected chi connectivity index (χ3v) is 4.49. The first-order chi connectivity index (χ1) is 12.1. The Morgan fingerprint density at radius 2 is 1.64 bits per heavy atom. The maximum atomic E-state index is 12.7. The van der Waals surface area contributed by atoms with Crippen molar-refractivity contribution < 1.29 is 14.4 Å². The van der Waals surface area contributed by atoms with Gasteiger partial charge in [0.05, 0.1) is 0 Å². The van der Waals surface area contributed by atoms with Crippen LogP contribution in [0.5, 0.6) is 0 Å². The molecule has 0 bridgehead atoms. The van der Waals surface area contributed by atoms with Gasteiger partial charge in [0.25, 0.3) is 11.8 Å². The van der Waals surface area contributed by atoms with Crippen molar-refractivity contribution in [2.75, 3.05) is 13.1 Å². The number of amides is 3. The van der Waals surface area contributed by atoms with Crippen molar-refractivity contribution in [2.24, 2.45) is 0 Å². The van der Waals surface area contributed by atoms with Crippen LogP contribution >= 0.6 is 0 Å². The highest BCUT2D eigenvalue weighted by Gasteiger charge is 2.32. The standard InChI is InChI=1S/C20H22N2O3/c1-2-3-12-21-17(23)11-6-13-22-19(24)15-9-4-7-14-8-5-10-16(18(14)15)20(22)25/h4-5,7-10H,2-3,6,11-13H2,1H3,(H,21,23). The van der Waals surface area contributed by atoms with Crippen molar-refractivity contribution in [3.05, 3.63) is 47.5 Å². The van der Waals surface area contributed by atoms with E-state index in [9.17, 15) is 14.4 Å². The van der Waals surface area contributed by atoms with Gasteiger partial charge in [0, 0.05) is 36.0 Å². The van der Waals surface area contributed by atoms with Gasteiger partial charge in [-0.25, -0.2) is 0 Å². The van der Waals surface area contributed by atoms with Gasteiger partial charge < -0.3 is 5.32 Å². The predicted molar refractivity (Wildman–Crippen MR) is 96.5 cm³/mol. The molecule has 0 saturated carbocycles. The molecule has 2 aromatic rings. The van der Waals surface area contributed by atoms with Crippen LogP contribution in [0, 0.1) is 0 Å². The summed E-state index contributed by atoms with van der Waals surface area (Å²) in [6.07, 6.45) is 2.76. The molecule has 1 aliphatic heterocycles. The van der Waals surface area contributed by atoms with Gasteiger partial charge in [0.15, 0.2) is 0 Å². The van der Waals surface area contributed by atoms with Crippen LogP contribution in [-0.4, -0.2) is 35.7 Å². The Morgan fingerprint density at radius 1 is 1.00 bits per heavy atom. The van der Waals surface area contributed by atoms with Crippen LogP contribution in [0.15, 0.2) is 36.4 Å². The minimum Gasteiger partial charge on any atom is -0.356 e. The quantitative estimate of drug-likeness (QED) is 0.623. The molecular weight excluding hydrogens is 316 g/mol. The number of imide groups is 1. The van der Waals surface area contributed by atoms with Crippen LogP contribution in [0.4, 0.5) is 0 Å². The van der Waals surface area contributed by atoms with Crippen LogP contribution in [0.3, 0.4) is 0 Å². The Bertz CT molecular complexity index is 778. The maximum absolute atomic E-state index is 12.7. The summed E-state index contributed by atoms with van der Waals surface area (Å²) in [5.74, 6) is -0.589. The molecule has 3 amide bonds. The molecule has 0 radical (unpaired) electrons. The summed E-state index contributed by atoms with van der Waals surface area (Å²) >= 11 is 0. The SMILES string of the molecule is CCCCNC(=O)CCCN1C(=O)c2cccc3cccc(c23)C1=O. The molecule has 25 heavy (non-hydrogen) atoms. The average Bonchev–Trinajstić information content (AvgIpc) is 2.62. The molecule has 3 rings (SSSR count). The minimum atomic E-state index is -0.277. The van der Waals surface area contributed by atoms with Gasteiger partial charge in [-0.1, -0.05) is 37.6 Å². The Balaban J connectivity index is 1.69. The molecule has 5 nitrogen and oxygen atoms in total. The van der Waals surface area contributed by atoms with E-state index in [1.165, 1.54) is 4.90 Å². The summed E-state index contributed by atoms with van der Waals surface area (Å²) in [6, 6.07) is 11.0. The van der Waals surface area contributed by atoms with Crippen LogP contribution < -0.4 is 5.32 Å². The lowest BCUT2D eigenvalue weighted by Crippen LogP contribution is -2.41. The predicted octanol–water partition coefficient (Wildman–Crippen LogP) is 3.13. The molecule has 0 fully saturated rings. The number of nitrogens with one attached hydrogen (secondary N) is 1. The van der Waals surface area contributed by atoms with E-state index in [1.807, 2.05) is 24.3 Å². The van der Waals surface area contributed by atoms with Gasteiger partial charge in [-0.05, 0) is 30.4 Å². The van der Waals surface area contributed by atoms with Gasteiger partial charge in [-0.3, -0.25) is 19.3 Å². The largest absolute Gasteiger partial charge is 0.356 e. The number of hydrogen-bond acceptors (Lipinski definition) is 3. The highest BCUT2D eigenvalue weighted by molar-refractivity contribution is 6.25. The summed E-state index contributed by atoms with van der Waals surface area (Å²) < 4.78 is 0. The number of hydrogen-bond donors (Lipinski definition) is 1. The van der Waals surface area contributed by atoms with Crippen molar-refractivity contribution in [3.8, 4) is 0 Å². The zero-order valence-electron chi connectivity index (χ0n) is 14.4. The van der Waals surface area contributed by atoms with Crippen LogP contribution in [0.2, 0.25) is 0 Å². The molecule has 2 aromatic carbocycles. The van der Waals surface area contributed by atoms with Gasteiger partial charge in [0.2, 0.25) is 5.91 Å². The molecule has 0 aromatic heterocycles. The fourth-order valence-corrected chi connectivity index (χ4v) is 3.17. The first-order valence-corrected chi connectivity index (χ1v) is 8.78. The van der Waals surface area contributed by atoms with E-state index in [4.69, 9.17) is 0 Å². The second-order valence-corrected chi connectivity index (χ2v) is 6.28. The molecule has 0 spiro atoms. The molecule has 1 N–H and O–H groups in total. The Labute approximate surface area is 147 Å². The second kappa shape index (κ2) is 7.47. The van der Waals surface area contributed by atoms with E-state index in [-0.39, 0.29) is 24.3 Å². The Hall–Kier alpha value is -2.69. The van der Waals surface area contributed by atoms with Crippen molar-refractivity contribution in [1.29, 1.82) is 0 Å². The zero-order chi connectivity index (χ0) is 17.8. The zero-order valence-corrected chi connectivity index (χ0v) is 14.4. The molecule has 0 saturated heterocycles. The van der Waals surface area contributed by atoms with E-state index in [0.29, 0.717) is 30.5 Å². The number of benzene rings is 2. The topological polar surface area (TPSA) is 66.5 Å². The van der Waals surface area contributed by atoms with E-state index in [2.05, 4.69) is 12.2 Å². The fourth-order valence-electron chi connectivity index (χ4n) is 3.17. The van der Waals surface area contributed by atoms with Crippen LogP contribution in [-0.2, 0) is 4.79 Å². The van der Waals surface area contributed by atoms with E-state index >= 15 is 0 Å². The van der Waals surface area contributed by atoms with Gasteiger partial charge >= 0.3 is 0 Å². The summed E-state index contributed by atoms with van der Waals surface area (Å²) in [4.78, 5) is 38.4. The summed E-state index contributed by atoms with van der Waals surface area (Å²) in [5, 5.41) is 4.47. The Morgan fingerprint density at radius 3 is 2.24 bits per heavy atom. The lowest BCUT2D eigenvalue weighted by atomic mass is 9.94. The van der Waals surface area contributed by atoms with Crippen molar-refractivity contribution >= 4 is 28.5 Å². The minimum absolute atomic E-state index is 0.0344. The summed E-state index contributed by atoms with van der Waals surface area (Å²) in [5.41, 5.74) is 1.11. The molecule has 0 atom stereocenters. The summed E-state index contributed by atoms with van der Waals surface area (Å²) in [6.45, 7) is 2.99. The molecule has 5 heteroatoms. The van der Waals surface area contributed by atoms with Crippen LogP contribution in [0.25, 0.3) is 10.8 Å². The molecule has 0 unspecified atom stereocenters. The molecular formula is C20H22N2O3. The van der Waals surface area contributed by atoms with E-state index in [0.717, 1.165) is 23.6 Å². The number of rotatable bonds is 7. The number of unbranched alkanes of at least 4 members (excludes halogenated alkanes) is 1. The lowest BCUT2D eigenvalue weighted by Gasteiger charge is -2.27. The van der Waals surface area contributed by atoms with Gasteiger partial charge in [0.1, 0.15) is 0 Å². The molecule has 1 heterocycles. The smallest absolute Gasteiger partial charge is 0.261 e. The Kier molecular flexibility index (Phi) is 5.12. The van der Waals surface area contributed by atoms with Crippen molar-refractivity contribution in [1.82, 2.24) is 10.2 Å². The third kappa shape index (κ3) is 3.40. The number of carbonyl (C=O) groups excluding carboxylic acids is 3. The molecule has 1 aliphatic rings.